The first kappa shape index (κ1) is 26.0. The number of hydrogen-bond acceptors (Lipinski definition) is 6. The standard InChI is InChI=1S/C35H23IO6/c1-16-23-25(22-15-18-11-5-6-12-19(18)20-13-7-8-14-21(20)22)28-27(31(38)34(41)35(42)32(28)39)24(17-9-3-2-4-10-17)26(23)29(36)33(40)30(16)37/h2-15,37-42H,1H3. The zero-order valence-electron chi connectivity index (χ0n) is 22.1. The maximum absolute atomic E-state index is 11.6. The van der Waals surface area contributed by atoms with Crippen LogP contribution in [0, 0.1) is 10.5 Å². The Bertz CT molecular complexity index is 2190. The van der Waals surface area contributed by atoms with Gasteiger partial charge in [0.05, 0.1) is 3.57 Å². The van der Waals surface area contributed by atoms with Gasteiger partial charge in [0.15, 0.2) is 23.0 Å². The summed E-state index contributed by atoms with van der Waals surface area (Å²) in [5, 5.41) is 71.8. The highest BCUT2D eigenvalue weighted by molar-refractivity contribution is 14.1. The van der Waals surface area contributed by atoms with Gasteiger partial charge in [-0.1, -0.05) is 78.9 Å². The first-order valence-corrected chi connectivity index (χ1v) is 14.3. The van der Waals surface area contributed by atoms with E-state index in [9.17, 15) is 30.6 Å². The SMILES string of the molecule is Cc1c(O)c(O)c(I)c2c(-c3ccccc3)c3c(O)c(O)c(O)c(O)c3c(-c3cc4ccccc4c4ccccc34)c12. The molecule has 0 saturated carbocycles. The van der Waals surface area contributed by atoms with Crippen molar-refractivity contribution in [2.24, 2.45) is 0 Å². The van der Waals surface area contributed by atoms with Crippen LogP contribution in [0.4, 0.5) is 0 Å². The summed E-state index contributed by atoms with van der Waals surface area (Å²) in [4.78, 5) is 0. The highest BCUT2D eigenvalue weighted by Crippen LogP contribution is 2.59. The maximum Gasteiger partial charge on any atom is 0.204 e. The van der Waals surface area contributed by atoms with Crippen molar-refractivity contribution in [2.45, 2.75) is 6.92 Å². The van der Waals surface area contributed by atoms with Crippen LogP contribution < -0.4 is 0 Å². The van der Waals surface area contributed by atoms with Crippen LogP contribution >= 0.6 is 22.6 Å². The van der Waals surface area contributed by atoms with Crippen molar-refractivity contribution in [3.8, 4) is 56.8 Å². The monoisotopic (exact) mass is 666 g/mol. The van der Waals surface area contributed by atoms with E-state index in [0.29, 0.717) is 42.2 Å². The summed E-state index contributed by atoms with van der Waals surface area (Å²) >= 11 is 1.97. The average molecular weight is 666 g/mol. The van der Waals surface area contributed by atoms with Gasteiger partial charge in [0.2, 0.25) is 11.5 Å². The van der Waals surface area contributed by atoms with E-state index in [4.69, 9.17) is 0 Å². The Hall–Kier alpha value is -4.89. The predicted octanol–water partition coefficient (Wildman–Crippen LogP) is 8.78. The fourth-order valence-electron chi connectivity index (χ4n) is 6.22. The largest absolute Gasteiger partial charge is 0.504 e. The molecule has 7 aromatic carbocycles. The van der Waals surface area contributed by atoms with Crippen LogP contribution in [-0.2, 0) is 0 Å². The molecule has 7 heteroatoms. The quantitative estimate of drug-likeness (QED) is 0.0361. The molecule has 6 N–H and O–H groups in total. The van der Waals surface area contributed by atoms with Crippen molar-refractivity contribution >= 4 is 65.7 Å². The minimum atomic E-state index is -0.861. The number of aromatic hydroxyl groups is 6. The molecule has 0 aliphatic rings. The van der Waals surface area contributed by atoms with Gasteiger partial charge in [-0.05, 0) is 73.6 Å². The Morgan fingerprint density at radius 3 is 1.69 bits per heavy atom. The lowest BCUT2D eigenvalue weighted by atomic mass is 9.81. The number of halogens is 1. The molecule has 7 aromatic rings. The Morgan fingerprint density at radius 1 is 0.476 bits per heavy atom. The van der Waals surface area contributed by atoms with E-state index < -0.39 is 23.0 Å². The summed E-state index contributed by atoms with van der Waals surface area (Å²) < 4.78 is 0.323. The number of phenols is 6. The highest BCUT2D eigenvalue weighted by Gasteiger charge is 2.31. The number of aryl methyl sites for hydroxylation is 1. The fourth-order valence-corrected chi connectivity index (χ4v) is 7.02. The van der Waals surface area contributed by atoms with Crippen LogP contribution in [0.25, 0.3) is 65.3 Å². The van der Waals surface area contributed by atoms with Gasteiger partial charge in [-0.25, -0.2) is 0 Å². The Labute approximate surface area is 253 Å². The fraction of sp³-hybridized carbons (Fsp3) is 0.0286. The van der Waals surface area contributed by atoms with E-state index in [1.165, 1.54) is 0 Å². The third-order valence-electron chi connectivity index (χ3n) is 8.13. The summed E-state index contributed by atoms with van der Waals surface area (Å²) in [6.45, 7) is 1.68. The lowest BCUT2D eigenvalue weighted by Gasteiger charge is -2.24. The van der Waals surface area contributed by atoms with Crippen LogP contribution in [0.5, 0.6) is 34.5 Å². The third-order valence-corrected chi connectivity index (χ3v) is 9.18. The van der Waals surface area contributed by atoms with E-state index in [2.05, 4.69) is 0 Å². The smallest absolute Gasteiger partial charge is 0.204 e. The number of fused-ring (bicyclic) bond motifs is 5. The molecule has 0 fully saturated rings. The molecule has 0 heterocycles. The molecule has 0 aliphatic carbocycles. The second kappa shape index (κ2) is 9.32. The molecule has 0 aromatic heterocycles. The molecule has 42 heavy (non-hydrogen) atoms. The molecule has 6 nitrogen and oxygen atoms in total. The van der Waals surface area contributed by atoms with E-state index in [0.717, 1.165) is 21.5 Å². The second-order valence-electron chi connectivity index (χ2n) is 10.3. The molecule has 0 amide bonds. The normalized spacial score (nSPS) is 11.7. The lowest BCUT2D eigenvalue weighted by molar-refractivity contribution is 0.351. The maximum atomic E-state index is 11.6. The minimum Gasteiger partial charge on any atom is -0.504 e. The molecular formula is C35H23IO6. The molecule has 0 aliphatic heterocycles. The molecule has 0 unspecified atom stereocenters. The van der Waals surface area contributed by atoms with Crippen LogP contribution in [0.15, 0.2) is 84.9 Å². The van der Waals surface area contributed by atoms with Crippen molar-refractivity contribution in [3.63, 3.8) is 0 Å². The minimum absolute atomic E-state index is 0.0937. The van der Waals surface area contributed by atoms with Gasteiger partial charge in [-0.3, -0.25) is 0 Å². The average Bonchev–Trinajstić information content (AvgIpc) is 3.03. The molecule has 7 rings (SSSR count). The van der Waals surface area contributed by atoms with Gasteiger partial charge in [-0.2, -0.15) is 0 Å². The summed E-state index contributed by atoms with van der Waals surface area (Å²) in [6.07, 6.45) is 0. The number of phenolic OH excluding ortho intramolecular Hbond substituents is 6. The van der Waals surface area contributed by atoms with Crippen molar-refractivity contribution in [3.05, 3.63) is 94.1 Å². The van der Waals surface area contributed by atoms with Gasteiger partial charge in [0, 0.05) is 32.8 Å². The van der Waals surface area contributed by atoms with Crippen molar-refractivity contribution in [2.75, 3.05) is 0 Å². The molecular weight excluding hydrogens is 643 g/mol. The molecule has 0 atom stereocenters. The Balaban J connectivity index is 1.89. The first-order valence-electron chi connectivity index (χ1n) is 13.2. The zero-order chi connectivity index (χ0) is 29.4. The van der Waals surface area contributed by atoms with Gasteiger partial charge in [-0.15, -0.1) is 0 Å². The summed E-state index contributed by atoms with van der Waals surface area (Å²) in [7, 11) is 0. The van der Waals surface area contributed by atoms with Crippen LogP contribution in [0.3, 0.4) is 0 Å². The van der Waals surface area contributed by atoms with Gasteiger partial charge in [0.25, 0.3) is 0 Å². The topological polar surface area (TPSA) is 121 Å². The van der Waals surface area contributed by atoms with Gasteiger partial charge < -0.3 is 30.6 Å². The van der Waals surface area contributed by atoms with Crippen LogP contribution in [0.2, 0.25) is 0 Å². The third kappa shape index (κ3) is 3.43. The van der Waals surface area contributed by atoms with Crippen molar-refractivity contribution in [1.82, 2.24) is 0 Å². The molecule has 0 bridgehead atoms. The van der Waals surface area contributed by atoms with E-state index >= 15 is 0 Å². The van der Waals surface area contributed by atoms with Crippen molar-refractivity contribution in [1.29, 1.82) is 0 Å². The zero-order valence-corrected chi connectivity index (χ0v) is 24.3. The number of rotatable bonds is 2. The van der Waals surface area contributed by atoms with E-state index in [-0.39, 0.29) is 22.3 Å². The molecule has 0 radical (unpaired) electrons. The molecule has 0 spiro atoms. The summed E-state index contributed by atoms with van der Waals surface area (Å²) in [5.74, 6) is -3.59. The number of benzene rings is 7. The van der Waals surface area contributed by atoms with Crippen molar-refractivity contribution < 1.29 is 30.6 Å². The predicted molar refractivity (Wildman–Crippen MR) is 175 cm³/mol. The molecule has 0 saturated heterocycles. The Morgan fingerprint density at radius 2 is 1.02 bits per heavy atom. The summed E-state index contributed by atoms with van der Waals surface area (Å²) in [6, 6.07) is 26.8. The second-order valence-corrected chi connectivity index (χ2v) is 11.4. The van der Waals surface area contributed by atoms with Crippen LogP contribution in [0.1, 0.15) is 5.56 Å². The van der Waals surface area contributed by atoms with Crippen LogP contribution in [-0.4, -0.2) is 30.6 Å². The van der Waals surface area contributed by atoms with Gasteiger partial charge in [0.1, 0.15) is 0 Å². The lowest BCUT2D eigenvalue weighted by Crippen LogP contribution is -1.98. The summed E-state index contributed by atoms with van der Waals surface area (Å²) in [5.41, 5.74) is 2.49. The Kier molecular flexibility index (Phi) is 5.78. The number of hydrogen-bond donors (Lipinski definition) is 6. The first-order chi connectivity index (χ1) is 20.2. The highest BCUT2D eigenvalue weighted by atomic mass is 127. The molecule has 206 valence electrons. The van der Waals surface area contributed by atoms with E-state index in [1.807, 2.05) is 108 Å². The van der Waals surface area contributed by atoms with E-state index in [1.54, 1.807) is 6.92 Å². The van der Waals surface area contributed by atoms with Gasteiger partial charge >= 0.3 is 0 Å².